The molecule has 0 aliphatic carbocycles. The minimum atomic E-state index is -0.196. The zero-order valence-corrected chi connectivity index (χ0v) is 7.91. The maximum atomic E-state index is 9.69. The van der Waals surface area contributed by atoms with Crippen LogP contribution in [0.4, 0.5) is 0 Å². The molecular formula is C9H18N2O2. The highest BCUT2D eigenvalue weighted by Gasteiger charge is 2.30. The lowest BCUT2D eigenvalue weighted by Crippen LogP contribution is -2.44. The predicted octanol–water partition coefficient (Wildman–Crippen LogP) is -0.959. The first-order valence-electron chi connectivity index (χ1n) is 5.08. The van der Waals surface area contributed by atoms with Gasteiger partial charge in [-0.05, 0) is 6.42 Å². The third-order valence-corrected chi connectivity index (χ3v) is 2.88. The molecule has 0 saturated carbocycles. The van der Waals surface area contributed by atoms with Crippen LogP contribution in [0.25, 0.3) is 0 Å². The zero-order chi connectivity index (χ0) is 9.10. The number of β-amino-alcohol motifs (C(OH)–C–C–N with tert-alkyl or cyclic N) is 1. The fraction of sp³-hybridized carbons (Fsp3) is 1.00. The number of aliphatic hydroxyl groups excluding tert-OH is 1. The molecule has 0 bridgehead atoms. The fourth-order valence-electron chi connectivity index (χ4n) is 2.12. The first kappa shape index (κ1) is 9.40. The maximum Gasteiger partial charge on any atom is 0.0831 e. The van der Waals surface area contributed by atoms with E-state index in [1.54, 1.807) is 0 Å². The molecule has 2 atom stereocenters. The molecule has 2 rings (SSSR count). The Kier molecular flexibility index (Phi) is 3.16. The topological polar surface area (TPSA) is 44.7 Å². The van der Waals surface area contributed by atoms with Crippen molar-refractivity contribution in [3.8, 4) is 0 Å². The van der Waals surface area contributed by atoms with Crippen molar-refractivity contribution in [1.29, 1.82) is 0 Å². The SMILES string of the molecule is OC1CNCC1N1CCCOCC1. The molecular weight excluding hydrogens is 168 g/mol. The van der Waals surface area contributed by atoms with E-state index in [1.807, 2.05) is 0 Å². The lowest BCUT2D eigenvalue weighted by molar-refractivity contribution is 0.0772. The third-order valence-electron chi connectivity index (χ3n) is 2.88. The monoisotopic (exact) mass is 186 g/mol. The predicted molar refractivity (Wildman–Crippen MR) is 49.7 cm³/mol. The summed E-state index contributed by atoms with van der Waals surface area (Å²) >= 11 is 0. The Morgan fingerprint density at radius 3 is 2.92 bits per heavy atom. The van der Waals surface area contributed by atoms with Crippen LogP contribution in [0, 0.1) is 0 Å². The van der Waals surface area contributed by atoms with Crippen LogP contribution >= 0.6 is 0 Å². The lowest BCUT2D eigenvalue weighted by Gasteiger charge is -2.28. The van der Waals surface area contributed by atoms with E-state index in [9.17, 15) is 5.11 Å². The summed E-state index contributed by atoms with van der Waals surface area (Å²) in [7, 11) is 0. The summed E-state index contributed by atoms with van der Waals surface area (Å²) in [5, 5.41) is 12.9. The van der Waals surface area contributed by atoms with E-state index in [2.05, 4.69) is 10.2 Å². The van der Waals surface area contributed by atoms with Gasteiger partial charge in [0, 0.05) is 38.8 Å². The summed E-state index contributed by atoms with van der Waals surface area (Å²) in [5.74, 6) is 0. The van der Waals surface area contributed by atoms with Crippen molar-refractivity contribution < 1.29 is 9.84 Å². The van der Waals surface area contributed by atoms with Crippen LogP contribution in [0.2, 0.25) is 0 Å². The zero-order valence-electron chi connectivity index (χ0n) is 7.91. The van der Waals surface area contributed by atoms with E-state index in [4.69, 9.17) is 4.74 Å². The summed E-state index contributed by atoms with van der Waals surface area (Å²) in [6.07, 6.45) is 0.890. The van der Waals surface area contributed by atoms with E-state index in [0.717, 1.165) is 45.8 Å². The van der Waals surface area contributed by atoms with Crippen LogP contribution in [0.5, 0.6) is 0 Å². The van der Waals surface area contributed by atoms with Crippen molar-refractivity contribution in [2.24, 2.45) is 0 Å². The van der Waals surface area contributed by atoms with Crippen LogP contribution in [-0.2, 0) is 4.74 Å². The second kappa shape index (κ2) is 4.37. The van der Waals surface area contributed by atoms with E-state index in [-0.39, 0.29) is 6.10 Å². The van der Waals surface area contributed by atoms with Crippen molar-refractivity contribution in [2.45, 2.75) is 18.6 Å². The molecule has 0 aromatic carbocycles. The number of hydrogen-bond acceptors (Lipinski definition) is 4. The highest BCUT2D eigenvalue weighted by Crippen LogP contribution is 2.11. The number of ether oxygens (including phenoxy) is 1. The molecule has 0 radical (unpaired) electrons. The highest BCUT2D eigenvalue weighted by atomic mass is 16.5. The first-order chi connectivity index (χ1) is 6.38. The normalized spacial score (nSPS) is 37.6. The van der Waals surface area contributed by atoms with Crippen LogP contribution in [0.15, 0.2) is 0 Å². The number of rotatable bonds is 1. The minimum Gasteiger partial charge on any atom is -0.390 e. The van der Waals surface area contributed by atoms with Crippen molar-refractivity contribution in [3.05, 3.63) is 0 Å². The summed E-state index contributed by atoms with van der Waals surface area (Å²) in [4.78, 5) is 2.34. The van der Waals surface area contributed by atoms with E-state index in [0.29, 0.717) is 6.04 Å². The van der Waals surface area contributed by atoms with Gasteiger partial charge < -0.3 is 15.2 Å². The fourth-order valence-corrected chi connectivity index (χ4v) is 2.12. The Labute approximate surface area is 78.9 Å². The standard InChI is InChI=1S/C9H18N2O2/c12-9-7-10-6-8(9)11-2-1-4-13-5-3-11/h8-10,12H,1-7H2. The molecule has 2 saturated heterocycles. The van der Waals surface area contributed by atoms with Gasteiger partial charge in [-0.1, -0.05) is 0 Å². The third kappa shape index (κ3) is 2.20. The maximum absolute atomic E-state index is 9.69. The molecule has 2 aliphatic heterocycles. The van der Waals surface area contributed by atoms with Crippen LogP contribution in [-0.4, -0.2) is 61.5 Å². The number of nitrogens with zero attached hydrogens (tertiary/aromatic N) is 1. The van der Waals surface area contributed by atoms with Crippen molar-refractivity contribution in [2.75, 3.05) is 39.4 Å². The van der Waals surface area contributed by atoms with Crippen LogP contribution in [0.1, 0.15) is 6.42 Å². The first-order valence-corrected chi connectivity index (χ1v) is 5.08. The Morgan fingerprint density at radius 1 is 1.23 bits per heavy atom. The van der Waals surface area contributed by atoms with Gasteiger partial charge in [-0.2, -0.15) is 0 Å². The smallest absolute Gasteiger partial charge is 0.0831 e. The molecule has 13 heavy (non-hydrogen) atoms. The molecule has 4 heteroatoms. The minimum absolute atomic E-state index is 0.196. The van der Waals surface area contributed by atoms with E-state index in [1.165, 1.54) is 0 Å². The summed E-state index contributed by atoms with van der Waals surface area (Å²) in [5.41, 5.74) is 0. The average Bonchev–Trinajstić information content (AvgIpc) is 2.43. The highest BCUT2D eigenvalue weighted by molar-refractivity contribution is 4.88. The lowest BCUT2D eigenvalue weighted by atomic mass is 10.2. The number of hydrogen-bond donors (Lipinski definition) is 2. The second-order valence-electron chi connectivity index (χ2n) is 3.79. The van der Waals surface area contributed by atoms with Crippen LogP contribution < -0.4 is 5.32 Å². The van der Waals surface area contributed by atoms with Gasteiger partial charge in [0.25, 0.3) is 0 Å². The van der Waals surface area contributed by atoms with Crippen molar-refractivity contribution in [1.82, 2.24) is 10.2 Å². The molecule has 0 aromatic rings. The summed E-state index contributed by atoms with van der Waals surface area (Å²) in [6, 6.07) is 0.307. The van der Waals surface area contributed by atoms with Gasteiger partial charge >= 0.3 is 0 Å². The van der Waals surface area contributed by atoms with Crippen molar-refractivity contribution >= 4 is 0 Å². The molecule has 2 heterocycles. The Bertz CT molecular complexity index is 158. The van der Waals surface area contributed by atoms with Gasteiger partial charge in [-0.3, -0.25) is 4.90 Å². The quantitative estimate of drug-likeness (QED) is 0.554. The van der Waals surface area contributed by atoms with Gasteiger partial charge in [0.2, 0.25) is 0 Å². The van der Waals surface area contributed by atoms with Gasteiger partial charge in [0.1, 0.15) is 0 Å². The molecule has 2 aliphatic rings. The Balaban J connectivity index is 1.89. The molecule has 0 aromatic heterocycles. The molecule has 2 unspecified atom stereocenters. The van der Waals surface area contributed by atoms with E-state index >= 15 is 0 Å². The Hall–Kier alpha value is -0.160. The van der Waals surface area contributed by atoms with Gasteiger partial charge in [-0.15, -0.1) is 0 Å². The second-order valence-corrected chi connectivity index (χ2v) is 3.79. The van der Waals surface area contributed by atoms with Gasteiger partial charge in [0.15, 0.2) is 0 Å². The molecule has 2 fully saturated rings. The van der Waals surface area contributed by atoms with Crippen LogP contribution in [0.3, 0.4) is 0 Å². The molecule has 2 N–H and O–H groups in total. The number of nitrogens with one attached hydrogen (secondary N) is 1. The average molecular weight is 186 g/mol. The molecule has 0 amide bonds. The summed E-state index contributed by atoms with van der Waals surface area (Å²) < 4.78 is 5.38. The van der Waals surface area contributed by atoms with Crippen molar-refractivity contribution in [3.63, 3.8) is 0 Å². The molecule has 4 nitrogen and oxygen atoms in total. The summed E-state index contributed by atoms with van der Waals surface area (Å²) in [6.45, 7) is 5.35. The largest absolute Gasteiger partial charge is 0.390 e. The number of aliphatic hydroxyl groups is 1. The van der Waals surface area contributed by atoms with Gasteiger partial charge in [-0.25, -0.2) is 0 Å². The Morgan fingerprint density at radius 2 is 2.15 bits per heavy atom. The molecule has 0 spiro atoms. The van der Waals surface area contributed by atoms with E-state index < -0.39 is 0 Å². The molecule has 76 valence electrons. The van der Waals surface area contributed by atoms with Gasteiger partial charge in [0.05, 0.1) is 12.7 Å².